The molecule has 280 valence electrons. The number of ether oxygens (including phenoxy) is 7. The van der Waals surface area contributed by atoms with E-state index in [0.717, 1.165) is 6.42 Å². The van der Waals surface area contributed by atoms with Crippen molar-refractivity contribution < 1.29 is 63.2 Å². The van der Waals surface area contributed by atoms with Crippen LogP contribution in [-0.2, 0) is 42.7 Å². The SMILES string of the molecule is CCC(C)C(=O)OC12C(OC(C)=O)CC3C4(CCC5CC(OC6CC(OC)C(O)C(C)O6)CC[C@@]53C)OC(C)(O)OC41CCC2(O)C(C)O. The number of aliphatic hydroxyl groups is 4. The number of fused-ring (bicyclic) bond motifs is 2. The highest BCUT2D eigenvalue weighted by Crippen LogP contribution is 2.75. The summed E-state index contributed by atoms with van der Waals surface area (Å²) in [5.74, 6) is -4.16. The van der Waals surface area contributed by atoms with Gasteiger partial charge in [0.2, 0.25) is 5.60 Å². The maximum absolute atomic E-state index is 13.8. The average molecular weight is 699 g/mol. The molecule has 4 N–H and O–H groups in total. The Balaban J connectivity index is 1.40. The monoisotopic (exact) mass is 698 g/mol. The van der Waals surface area contributed by atoms with Crippen LogP contribution in [0.5, 0.6) is 0 Å². The van der Waals surface area contributed by atoms with Crippen molar-refractivity contribution in [3.63, 3.8) is 0 Å². The molecule has 0 aromatic heterocycles. The molecular weight excluding hydrogens is 640 g/mol. The summed E-state index contributed by atoms with van der Waals surface area (Å²) >= 11 is 0. The van der Waals surface area contributed by atoms with Crippen LogP contribution in [0.3, 0.4) is 0 Å². The van der Waals surface area contributed by atoms with Crippen LogP contribution in [0.4, 0.5) is 0 Å². The van der Waals surface area contributed by atoms with Crippen molar-refractivity contribution in [1.82, 2.24) is 0 Å². The van der Waals surface area contributed by atoms with E-state index in [9.17, 15) is 30.0 Å². The number of hydrogen-bond acceptors (Lipinski definition) is 13. The fourth-order valence-electron chi connectivity index (χ4n) is 11.1. The second kappa shape index (κ2) is 12.6. The van der Waals surface area contributed by atoms with Gasteiger partial charge in [-0.2, -0.15) is 0 Å². The molecule has 6 aliphatic rings. The second-order valence-electron chi connectivity index (χ2n) is 16.3. The molecule has 16 atom stereocenters. The molecule has 15 unspecified atom stereocenters. The number of rotatable bonds is 8. The first-order valence-corrected chi connectivity index (χ1v) is 18.3. The molecule has 13 nitrogen and oxygen atoms in total. The summed E-state index contributed by atoms with van der Waals surface area (Å²) < 4.78 is 43.9. The summed E-state index contributed by atoms with van der Waals surface area (Å²) in [4.78, 5) is 26.7. The molecule has 13 heteroatoms. The maximum atomic E-state index is 13.8. The van der Waals surface area contributed by atoms with Crippen molar-refractivity contribution >= 4 is 11.9 Å². The maximum Gasteiger partial charge on any atom is 0.309 e. The summed E-state index contributed by atoms with van der Waals surface area (Å²) in [6.07, 6.45) is -0.536. The molecule has 0 aromatic rings. The van der Waals surface area contributed by atoms with Crippen molar-refractivity contribution in [3.05, 3.63) is 0 Å². The largest absolute Gasteiger partial charge is 0.458 e. The van der Waals surface area contributed by atoms with E-state index in [1.165, 1.54) is 20.8 Å². The van der Waals surface area contributed by atoms with Gasteiger partial charge in [-0.25, -0.2) is 0 Å². The van der Waals surface area contributed by atoms with Gasteiger partial charge in [0.1, 0.15) is 29.0 Å². The standard InChI is InChI=1S/C36H58O13/c1-9-19(2)30(40)47-36-27(45-22(5)38)18-26-31(6)12-11-24(46-28-17-25(43-8)29(39)20(3)44-28)16-23(31)10-13-34(26)35(36,49-32(7,41)48-34)15-14-33(36,42)21(4)37/h19-21,23-29,37,39,41-42H,9-18H2,1-8H3/t19?,20?,21?,23?,24?,25?,26?,27?,28?,29?,31-,32?,33?,34?,35?,36?/m0/s1. The lowest BCUT2D eigenvalue weighted by Gasteiger charge is -2.68. The van der Waals surface area contributed by atoms with E-state index < -0.39 is 82.4 Å². The fraction of sp³-hybridized carbons (Fsp3) is 0.944. The van der Waals surface area contributed by atoms with Crippen molar-refractivity contribution in [2.45, 2.75) is 184 Å². The minimum Gasteiger partial charge on any atom is -0.458 e. The predicted molar refractivity (Wildman–Crippen MR) is 171 cm³/mol. The van der Waals surface area contributed by atoms with E-state index in [1.807, 2.05) is 13.8 Å². The molecule has 2 saturated heterocycles. The summed E-state index contributed by atoms with van der Waals surface area (Å²) in [5.41, 5.74) is -7.52. The van der Waals surface area contributed by atoms with Crippen molar-refractivity contribution in [1.29, 1.82) is 0 Å². The molecule has 2 heterocycles. The Morgan fingerprint density at radius 2 is 1.71 bits per heavy atom. The topological polar surface area (TPSA) is 180 Å². The van der Waals surface area contributed by atoms with Gasteiger partial charge in [-0.3, -0.25) is 9.59 Å². The van der Waals surface area contributed by atoms with Crippen LogP contribution in [0, 0.1) is 23.2 Å². The van der Waals surface area contributed by atoms with Crippen LogP contribution >= 0.6 is 0 Å². The molecule has 4 saturated carbocycles. The normalized spacial score (nSPS) is 51.8. The first-order valence-electron chi connectivity index (χ1n) is 18.3. The van der Waals surface area contributed by atoms with Crippen LogP contribution in [-0.4, -0.2) is 111 Å². The molecule has 6 rings (SSSR count). The Morgan fingerprint density at radius 1 is 1.00 bits per heavy atom. The summed E-state index contributed by atoms with van der Waals surface area (Å²) in [7, 11) is 1.57. The number of carbonyl (C=O) groups is 2. The van der Waals surface area contributed by atoms with Gasteiger partial charge in [0.05, 0.1) is 30.3 Å². The number of esters is 2. The van der Waals surface area contributed by atoms with Crippen LogP contribution in [0.2, 0.25) is 0 Å². The Labute approximate surface area is 289 Å². The zero-order valence-corrected chi connectivity index (χ0v) is 30.3. The van der Waals surface area contributed by atoms with Gasteiger partial charge in [-0.15, -0.1) is 0 Å². The van der Waals surface area contributed by atoms with E-state index >= 15 is 0 Å². The summed E-state index contributed by atoms with van der Waals surface area (Å²) in [6.45, 7) is 11.7. The number of hydrogen-bond donors (Lipinski definition) is 4. The first-order chi connectivity index (χ1) is 22.8. The Hall–Kier alpha value is -1.42. The van der Waals surface area contributed by atoms with Gasteiger partial charge >= 0.3 is 11.9 Å². The quantitative estimate of drug-likeness (QED) is 0.215. The molecule has 2 aliphatic heterocycles. The third kappa shape index (κ3) is 5.35. The number of carbonyl (C=O) groups excluding carboxylic acids is 2. The lowest BCUT2D eigenvalue weighted by Crippen LogP contribution is -2.84. The zero-order chi connectivity index (χ0) is 35.9. The van der Waals surface area contributed by atoms with E-state index in [-0.39, 0.29) is 43.3 Å². The van der Waals surface area contributed by atoms with Crippen LogP contribution in [0.25, 0.3) is 0 Å². The highest BCUT2D eigenvalue weighted by atomic mass is 16.9. The molecule has 2 spiro atoms. The third-order valence-electron chi connectivity index (χ3n) is 13.7. The van der Waals surface area contributed by atoms with E-state index in [4.69, 9.17) is 33.2 Å². The van der Waals surface area contributed by atoms with Crippen LogP contribution < -0.4 is 0 Å². The lowest BCUT2D eigenvalue weighted by molar-refractivity contribution is -0.347. The van der Waals surface area contributed by atoms with Gasteiger partial charge in [0.15, 0.2) is 6.29 Å². The van der Waals surface area contributed by atoms with Crippen molar-refractivity contribution in [2.24, 2.45) is 23.2 Å². The Morgan fingerprint density at radius 3 is 2.35 bits per heavy atom. The number of aliphatic hydroxyl groups excluding tert-OH is 2. The minimum atomic E-state index is -2.12. The highest BCUT2D eigenvalue weighted by molar-refractivity contribution is 5.73. The van der Waals surface area contributed by atoms with Crippen LogP contribution in [0.1, 0.15) is 113 Å². The second-order valence-corrected chi connectivity index (χ2v) is 16.3. The molecule has 0 aromatic carbocycles. The van der Waals surface area contributed by atoms with Gasteiger partial charge < -0.3 is 53.6 Å². The molecule has 6 fully saturated rings. The smallest absolute Gasteiger partial charge is 0.309 e. The Bertz CT molecular complexity index is 1280. The molecule has 0 bridgehead atoms. The van der Waals surface area contributed by atoms with Gasteiger partial charge in [-0.1, -0.05) is 20.8 Å². The number of methoxy groups -OCH3 is 1. The van der Waals surface area contributed by atoms with E-state index in [0.29, 0.717) is 38.5 Å². The molecular formula is C36H58O13. The minimum absolute atomic E-state index is 0.0445. The van der Waals surface area contributed by atoms with Gasteiger partial charge in [0.25, 0.3) is 5.97 Å². The molecule has 49 heavy (non-hydrogen) atoms. The van der Waals surface area contributed by atoms with E-state index in [2.05, 4.69) is 6.92 Å². The molecule has 0 amide bonds. The van der Waals surface area contributed by atoms with Gasteiger partial charge in [-0.05, 0) is 83.0 Å². The predicted octanol–water partition coefficient (Wildman–Crippen LogP) is 2.86. The zero-order valence-electron chi connectivity index (χ0n) is 30.3. The summed E-state index contributed by atoms with van der Waals surface area (Å²) in [6, 6.07) is 0. The van der Waals surface area contributed by atoms with Gasteiger partial charge in [0, 0.05) is 33.3 Å². The molecule has 4 aliphatic carbocycles. The average Bonchev–Trinajstić information content (AvgIpc) is 3.43. The highest BCUT2D eigenvalue weighted by Gasteiger charge is 2.90. The van der Waals surface area contributed by atoms with E-state index in [1.54, 1.807) is 14.0 Å². The van der Waals surface area contributed by atoms with Crippen molar-refractivity contribution in [3.8, 4) is 0 Å². The summed E-state index contributed by atoms with van der Waals surface area (Å²) in [5, 5.41) is 46.0. The third-order valence-corrected chi connectivity index (χ3v) is 13.7. The first kappa shape index (κ1) is 37.3. The lowest BCUT2D eigenvalue weighted by atomic mass is 9.42. The van der Waals surface area contributed by atoms with Crippen LogP contribution in [0.15, 0.2) is 0 Å². The van der Waals surface area contributed by atoms with Crippen molar-refractivity contribution in [2.75, 3.05) is 7.11 Å². The fourth-order valence-corrected chi connectivity index (χ4v) is 11.1. The Kier molecular flexibility index (Phi) is 9.61. The molecule has 0 radical (unpaired) electrons.